The van der Waals surface area contributed by atoms with E-state index in [9.17, 15) is 4.39 Å². The third-order valence-corrected chi connectivity index (χ3v) is 2.18. The van der Waals surface area contributed by atoms with Crippen LogP contribution in [0.25, 0.3) is 0 Å². The van der Waals surface area contributed by atoms with E-state index in [1.165, 1.54) is 6.07 Å². The Morgan fingerprint density at radius 3 is 2.71 bits per heavy atom. The first-order valence-corrected chi connectivity index (χ1v) is 4.80. The van der Waals surface area contributed by atoms with Gasteiger partial charge in [-0.15, -0.1) is 0 Å². The zero-order chi connectivity index (χ0) is 10.6. The standard InChI is InChI=1S/C11H16FNO/c1-3-7-13(2)11-9(8-14)5-4-6-10(11)12/h4-6,14H,3,7-8H2,1-2H3. The molecular weight excluding hydrogens is 181 g/mol. The number of anilines is 1. The Bertz CT molecular complexity index is 301. The molecule has 0 unspecified atom stereocenters. The predicted molar refractivity (Wildman–Crippen MR) is 55.9 cm³/mol. The fourth-order valence-electron chi connectivity index (χ4n) is 1.56. The summed E-state index contributed by atoms with van der Waals surface area (Å²) in [5.74, 6) is -0.271. The summed E-state index contributed by atoms with van der Waals surface area (Å²) < 4.78 is 13.5. The Morgan fingerprint density at radius 2 is 2.14 bits per heavy atom. The highest BCUT2D eigenvalue weighted by Gasteiger charge is 2.11. The SMILES string of the molecule is CCCN(C)c1c(F)cccc1CO. The van der Waals surface area contributed by atoms with Crippen molar-refractivity contribution in [2.24, 2.45) is 0 Å². The number of hydrogen-bond acceptors (Lipinski definition) is 2. The maximum atomic E-state index is 13.5. The lowest BCUT2D eigenvalue weighted by Crippen LogP contribution is -2.20. The number of nitrogens with zero attached hydrogens (tertiary/aromatic N) is 1. The molecule has 0 bridgehead atoms. The molecular formula is C11H16FNO. The molecule has 1 N–H and O–H groups in total. The summed E-state index contributed by atoms with van der Waals surface area (Å²) in [5.41, 5.74) is 1.15. The summed E-state index contributed by atoms with van der Waals surface area (Å²) in [7, 11) is 1.83. The molecule has 0 radical (unpaired) electrons. The fraction of sp³-hybridized carbons (Fsp3) is 0.455. The lowest BCUT2D eigenvalue weighted by Gasteiger charge is -2.21. The molecule has 78 valence electrons. The van der Waals surface area contributed by atoms with Crippen LogP contribution in [0.4, 0.5) is 10.1 Å². The molecule has 0 saturated heterocycles. The van der Waals surface area contributed by atoms with Crippen molar-refractivity contribution in [3.8, 4) is 0 Å². The van der Waals surface area contributed by atoms with E-state index in [0.29, 0.717) is 11.3 Å². The quantitative estimate of drug-likeness (QED) is 0.799. The zero-order valence-electron chi connectivity index (χ0n) is 8.63. The first-order valence-electron chi connectivity index (χ1n) is 4.80. The molecule has 0 aromatic heterocycles. The van der Waals surface area contributed by atoms with Gasteiger partial charge in [-0.05, 0) is 12.5 Å². The van der Waals surface area contributed by atoms with Crippen molar-refractivity contribution >= 4 is 5.69 Å². The van der Waals surface area contributed by atoms with E-state index in [0.717, 1.165) is 13.0 Å². The van der Waals surface area contributed by atoms with E-state index in [1.807, 2.05) is 18.9 Å². The average molecular weight is 197 g/mol. The highest BCUT2D eigenvalue weighted by atomic mass is 19.1. The van der Waals surface area contributed by atoms with Crippen LogP contribution in [-0.4, -0.2) is 18.7 Å². The van der Waals surface area contributed by atoms with Gasteiger partial charge in [0, 0.05) is 19.2 Å². The fourth-order valence-corrected chi connectivity index (χ4v) is 1.56. The summed E-state index contributed by atoms with van der Waals surface area (Å²) in [4.78, 5) is 1.83. The second-order valence-electron chi connectivity index (χ2n) is 3.33. The highest BCUT2D eigenvalue weighted by Crippen LogP contribution is 2.23. The summed E-state index contributed by atoms with van der Waals surface area (Å²) >= 11 is 0. The molecule has 1 aromatic rings. The molecule has 0 aliphatic heterocycles. The summed E-state index contributed by atoms with van der Waals surface area (Å²) in [5, 5.41) is 9.07. The molecule has 0 fully saturated rings. The second-order valence-corrected chi connectivity index (χ2v) is 3.33. The maximum absolute atomic E-state index is 13.5. The van der Waals surface area contributed by atoms with Crippen LogP contribution in [0.1, 0.15) is 18.9 Å². The van der Waals surface area contributed by atoms with Crippen LogP contribution in [0.15, 0.2) is 18.2 Å². The van der Waals surface area contributed by atoms with Gasteiger partial charge in [-0.3, -0.25) is 0 Å². The smallest absolute Gasteiger partial charge is 0.146 e. The van der Waals surface area contributed by atoms with E-state index >= 15 is 0 Å². The molecule has 0 amide bonds. The van der Waals surface area contributed by atoms with E-state index in [-0.39, 0.29) is 12.4 Å². The molecule has 0 spiro atoms. The largest absolute Gasteiger partial charge is 0.392 e. The second kappa shape index (κ2) is 4.96. The van der Waals surface area contributed by atoms with E-state index < -0.39 is 0 Å². The van der Waals surface area contributed by atoms with Crippen molar-refractivity contribution in [1.29, 1.82) is 0 Å². The van der Waals surface area contributed by atoms with Gasteiger partial charge >= 0.3 is 0 Å². The van der Waals surface area contributed by atoms with Gasteiger partial charge in [-0.1, -0.05) is 19.1 Å². The van der Waals surface area contributed by atoms with Crippen molar-refractivity contribution in [2.45, 2.75) is 20.0 Å². The number of rotatable bonds is 4. The number of benzene rings is 1. The van der Waals surface area contributed by atoms with E-state index in [4.69, 9.17) is 5.11 Å². The number of hydrogen-bond donors (Lipinski definition) is 1. The van der Waals surface area contributed by atoms with Gasteiger partial charge in [-0.25, -0.2) is 4.39 Å². The lowest BCUT2D eigenvalue weighted by molar-refractivity contribution is 0.281. The molecule has 3 heteroatoms. The van der Waals surface area contributed by atoms with Gasteiger partial charge in [0.25, 0.3) is 0 Å². The van der Waals surface area contributed by atoms with Crippen LogP contribution in [0.5, 0.6) is 0 Å². The minimum Gasteiger partial charge on any atom is -0.392 e. The highest BCUT2D eigenvalue weighted by molar-refractivity contribution is 5.54. The molecule has 0 aliphatic rings. The van der Waals surface area contributed by atoms with Gasteiger partial charge in [0.1, 0.15) is 5.82 Å². The van der Waals surface area contributed by atoms with Crippen LogP contribution in [0.2, 0.25) is 0 Å². The Kier molecular flexibility index (Phi) is 3.89. The van der Waals surface area contributed by atoms with Crippen molar-refractivity contribution in [3.63, 3.8) is 0 Å². The van der Waals surface area contributed by atoms with Gasteiger partial charge in [-0.2, -0.15) is 0 Å². The van der Waals surface area contributed by atoms with Crippen molar-refractivity contribution < 1.29 is 9.50 Å². The summed E-state index contributed by atoms with van der Waals surface area (Å²) in [6.07, 6.45) is 0.954. The van der Waals surface area contributed by atoms with Crippen LogP contribution >= 0.6 is 0 Å². The van der Waals surface area contributed by atoms with Gasteiger partial charge < -0.3 is 10.0 Å². The van der Waals surface area contributed by atoms with Crippen LogP contribution in [0.3, 0.4) is 0 Å². The molecule has 2 nitrogen and oxygen atoms in total. The summed E-state index contributed by atoms with van der Waals surface area (Å²) in [6.45, 7) is 2.70. The molecule has 0 saturated carbocycles. The number of aliphatic hydroxyl groups is 1. The summed E-state index contributed by atoms with van der Waals surface area (Å²) in [6, 6.07) is 4.77. The van der Waals surface area contributed by atoms with Crippen molar-refractivity contribution in [1.82, 2.24) is 0 Å². The topological polar surface area (TPSA) is 23.5 Å². The number of para-hydroxylation sites is 1. The average Bonchev–Trinajstić information content (AvgIpc) is 2.17. The number of aliphatic hydroxyl groups excluding tert-OH is 1. The Balaban J connectivity index is 3.03. The van der Waals surface area contributed by atoms with Crippen LogP contribution in [-0.2, 0) is 6.61 Å². The minimum absolute atomic E-state index is 0.124. The molecule has 1 aromatic carbocycles. The first kappa shape index (κ1) is 11.0. The first-order chi connectivity index (χ1) is 6.70. The lowest BCUT2D eigenvalue weighted by atomic mass is 10.1. The Morgan fingerprint density at radius 1 is 1.43 bits per heavy atom. The minimum atomic E-state index is -0.271. The van der Waals surface area contributed by atoms with Gasteiger partial charge in [0.2, 0.25) is 0 Å². The molecule has 1 rings (SSSR count). The molecule has 0 aliphatic carbocycles. The monoisotopic (exact) mass is 197 g/mol. The maximum Gasteiger partial charge on any atom is 0.146 e. The van der Waals surface area contributed by atoms with Gasteiger partial charge in [0.15, 0.2) is 0 Å². The van der Waals surface area contributed by atoms with Crippen molar-refractivity contribution in [3.05, 3.63) is 29.6 Å². The molecule has 0 heterocycles. The third-order valence-electron chi connectivity index (χ3n) is 2.18. The van der Waals surface area contributed by atoms with E-state index in [1.54, 1.807) is 12.1 Å². The van der Waals surface area contributed by atoms with Crippen molar-refractivity contribution in [2.75, 3.05) is 18.5 Å². The predicted octanol–water partition coefficient (Wildman–Crippen LogP) is 2.16. The van der Waals surface area contributed by atoms with Gasteiger partial charge in [0.05, 0.1) is 12.3 Å². The zero-order valence-corrected chi connectivity index (χ0v) is 8.63. The number of halogens is 1. The molecule has 0 atom stereocenters. The molecule has 14 heavy (non-hydrogen) atoms. The van der Waals surface area contributed by atoms with Crippen LogP contribution in [0, 0.1) is 5.82 Å². The normalized spacial score (nSPS) is 10.3. The van der Waals surface area contributed by atoms with Crippen LogP contribution < -0.4 is 4.90 Å². The Hall–Kier alpha value is -1.09. The third kappa shape index (κ3) is 2.23. The van der Waals surface area contributed by atoms with E-state index in [2.05, 4.69) is 0 Å². The Labute approximate surface area is 84.0 Å².